The van der Waals surface area contributed by atoms with E-state index in [1.807, 2.05) is 0 Å². The van der Waals surface area contributed by atoms with Crippen LogP contribution in [-0.4, -0.2) is 36.1 Å². The molecule has 1 aliphatic carbocycles. The van der Waals surface area contributed by atoms with Crippen LogP contribution >= 0.6 is 23.2 Å². The van der Waals surface area contributed by atoms with Gasteiger partial charge in [0, 0.05) is 26.3 Å². The Bertz CT molecular complexity index is 431. The van der Waals surface area contributed by atoms with E-state index in [1.54, 1.807) is 14.2 Å². The highest BCUT2D eigenvalue weighted by Crippen LogP contribution is 2.18. The number of hydrogen-bond donors (Lipinski definition) is 1. The molecular weight excluding hydrogens is 337 g/mol. The molecule has 0 radical (unpaired) electrons. The van der Waals surface area contributed by atoms with E-state index in [4.69, 9.17) is 23.2 Å². The van der Waals surface area contributed by atoms with Gasteiger partial charge >= 0.3 is 0 Å². The number of rotatable bonds is 2. The maximum Gasteiger partial charge on any atom is 0.289 e. The van der Waals surface area contributed by atoms with Crippen molar-refractivity contribution in [3.8, 4) is 0 Å². The van der Waals surface area contributed by atoms with E-state index in [0.717, 1.165) is 25.7 Å². The molecule has 132 valence electrons. The van der Waals surface area contributed by atoms with Crippen LogP contribution in [0.25, 0.3) is 0 Å². The Labute approximate surface area is 149 Å². The molecule has 1 aromatic heterocycles. The molecule has 1 aromatic rings. The number of halogens is 2. The van der Waals surface area contributed by atoms with Gasteiger partial charge in [0.05, 0.1) is 0 Å². The number of hydrogen-bond acceptors (Lipinski definition) is 4. The molecule has 0 unspecified atom stereocenters. The predicted molar refractivity (Wildman–Crippen MR) is 95.3 cm³/mol. The molecule has 1 heterocycles. The summed E-state index contributed by atoms with van der Waals surface area (Å²) < 4.78 is 4.25. The first-order chi connectivity index (χ1) is 11.0. The number of amides is 1. The van der Waals surface area contributed by atoms with E-state index in [2.05, 4.69) is 33.9 Å². The fourth-order valence-electron chi connectivity index (χ4n) is 1.99. The van der Waals surface area contributed by atoms with Crippen LogP contribution in [0.1, 0.15) is 63.0 Å². The van der Waals surface area contributed by atoms with Crippen LogP contribution in [-0.2, 0) is 4.74 Å². The lowest BCUT2D eigenvalue weighted by Gasteiger charge is -2.22. The molecule has 2 rings (SSSR count). The van der Waals surface area contributed by atoms with Crippen molar-refractivity contribution >= 4 is 29.1 Å². The van der Waals surface area contributed by atoms with E-state index < -0.39 is 0 Å². The van der Waals surface area contributed by atoms with Crippen LogP contribution < -0.4 is 5.32 Å². The van der Waals surface area contributed by atoms with E-state index in [0.29, 0.717) is 0 Å². The summed E-state index contributed by atoms with van der Waals surface area (Å²) >= 11 is 11.4. The monoisotopic (exact) mass is 363 g/mol. The molecule has 0 bridgehead atoms. The number of nitrogens with zero attached hydrogens (tertiary/aromatic N) is 2. The van der Waals surface area contributed by atoms with Crippen molar-refractivity contribution in [1.82, 2.24) is 15.3 Å². The topological polar surface area (TPSA) is 64.1 Å². The smallest absolute Gasteiger partial charge is 0.289 e. The quantitative estimate of drug-likeness (QED) is 0.784. The molecule has 0 aliphatic heterocycles. The van der Waals surface area contributed by atoms with Crippen LogP contribution in [0.3, 0.4) is 0 Å². The Morgan fingerprint density at radius 3 is 2.04 bits per heavy atom. The molecule has 0 atom stereocenters. The molecule has 1 fully saturated rings. The summed E-state index contributed by atoms with van der Waals surface area (Å²) in [6.45, 7) is 4.25. The summed E-state index contributed by atoms with van der Waals surface area (Å²) in [6, 6.07) is 1.62. The van der Waals surface area contributed by atoms with Crippen LogP contribution in [0.5, 0.6) is 0 Å². The predicted octanol–water partition coefficient (Wildman–Crippen LogP) is 4.52. The van der Waals surface area contributed by atoms with Crippen molar-refractivity contribution in [3.63, 3.8) is 0 Å². The average molecular weight is 364 g/mol. The maximum absolute atomic E-state index is 11.9. The first kappa shape index (κ1) is 22.1. The lowest BCUT2D eigenvalue weighted by atomic mass is 9.95. The Balaban J connectivity index is 0.000000704. The molecule has 5 nitrogen and oxygen atoms in total. The van der Waals surface area contributed by atoms with Gasteiger partial charge in [-0.3, -0.25) is 4.79 Å². The molecule has 23 heavy (non-hydrogen) atoms. The minimum Gasteiger partial charge on any atom is -0.388 e. The Morgan fingerprint density at radius 1 is 1.17 bits per heavy atom. The number of aromatic nitrogens is 2. The molecule has 1 saturated carbocycles. The van der Waals surface area contributed by atoms with E-state index in [1.165, 1.54) is 18.9 Å². The zero-order chi connectivity index (χ0) is 17.7. The third-order valence-electron chi connectivity index (χ3n) is 2.81. The van der Waals surface area contributed by atoms with Crippen molar-refractivity contribution in [2.75, 3.05) is 14.2 Å². The van der Waals surface area contributed by atoms with E-state index in [9.17, 15) is 4.79 Å². The van der Waals surface area contributed by atoms with Crippen LogP contribution in [0.4, 0.5) is 0 Å². The first-order valence-corrected chi connectivity index (χ1v) is 8.65. The maximum atomic E-state index is 11.9. The van der Waals surface area contributed by atoms with Crippen molar-refractivity contribution in [3.05, 3.63) is 22.2 Å². The summed E-state index contributed by atoms with van der Waals surface area (Å²) in [5, 5.41) is 3.27. The third kappa shape index (κ3) is 10.5. The van der Waals surface area contributed by atoms with Gasteiger partial charge in [0.2, 0.25) is 5.82 Å². The van der Waals surface area contributed by atoms with E-state index in [-0.39, 0.29) is 28.1 Å². The van der Waals surface area contributed by atoms with Gasteiger partial charge in [0.1, 0.15) is 10.3 Å². The summed E-state index contributed by atoms with van der Waals surface area (Å²) in [5.74, 6) is -0.269. The second-order valence-electron chi connectivity index (χ2n) is 5.26. The van der Waals surface area contributed by atoms with Gasteiger partial charge in [-0.2, -0.15) is 0 Å². The van der Waals surface area contributed by atoms with Crippen molar-refractivity contribution in [2.45, 2.75) is 58.4 Å². The highest BCUT2D eigenvalue weighted by Gasteiger charge is 2.18. The molecule has 0 saturated heterocycles. The van der Waals surface area contributed by atoms with Crippen molar-refractivity contribution in [2.24, 2.45) is 0 Å². The Hall–Kier alpha value is -0.910. The second-order valence-corrected chi connectivity index (χ2v) is 6.04. The highest BCUT2D eigenvalue weighted by atomic mass is 35.5. The molecule has 1 aliphatic rings. The molecule has 0 aromatic carbocycles. The van der Waals surface area contributed by atoms with Crippen molar-refractivity contribution in [1.29, 1.82) is 0 Å². The number of carbonyl (C=O) groups excluding carboxylic acids is 1. The van der Waals surface area contributed by atoms with Gasteiger partial charge in [0.25, 0.3) is 5.91 Å². The van der Waals surface area contributed by atoms with E-state index >= 15 is 0 Å². The van der Waals surface area contributed by atoms with Gasteiger partial charge in [-0.1, -0.05) is 62.7 Å². The van der Waals surface area contributed by atoms with Crippen LogP contribution in [0.2, 0.25) is 10.3 Å². The fraction of sp³-hybridized carbons (Fsp3) is 0.688. The van der Waals surface area contributed by atoms with Gasteiger partial charge in [0.15, 0.2) is 0 Å². The van der Waals surface area contributed by atoms with Gasteiger partial charge in [-0.05, 0) is 12.8 Å². The van der Waals surface area contributed by atoms with Crippen LogP contribution in [0.15, 0.2) is 6.07 Å². The summed E-state index contributed by atoms with van der Waals surface area (Å²) in [7, 11) is 3.25. The third-order valence-corrected chi connectivity index (χ3v) is 3.19. The molecule has 1 N–H and O–H groups in total. The summed E-state index contributed by atoms with van der Waals surface area (Å²) in [6.07, 6.45) is 6.83. The number of ether oxygens (including phenoxy) is 1. The molecule has 0 spiro atoms. The SMILES string of the molecule is CCC.COC.O=C(NC1CCCCC1)c1nc(Cl)cc(Cl)n1. The lowest BCUT2D eigenvalue weighted by molar-refractivity contribution is 0.0917. The minimum atomic E-state index is -0.304. The van der Waals surface area contributed by atoms with Gasteiger partial charge in [-0.15, -0.1) is 0 Å². The molecular formula is C16H27Cl2N3O2. The average Bonchev–Trinajstić information content (AvgIpc) is 2.49. The lowest BCUT2D eigenvalue weighted by Crippen LogP contribution is -2.37. The first-order valence-electron chi connectivity index (χ1n) is 7.89. The number of methoxy groups -OCH3 is 1. The summed E-state index contributed by atoms with van der Waals surface area (Å²) in [5.41, 5.74) is 0. The molecule has 1 amide bonds. The zero-order valence-electron chi connectivity index (χ0n) is 14.4. The zero-order valence-corrected chi connectivity index (χ0v) is 15.9. The Morgan fingerprint density at radius 2 is 1.61 bits per heavy atom. The fourth-order valence-corrected chi connectivity index (χ4v) is 2.41. The van der Waals surface area contributed by atoms with Crippen molar-refractivity contribution < 1.29 is 9.53 Å². The standard InChI is InChI=1S/C11H13Cl2N3O.C3H8.C2H6O/c12-8-6-9(13)16-10(15-8)11(17)14-7-4-2-1-3-5-7;2*1-3-2/h6-7H,1-5H2,(H,14,17);3H2,1-2H3;1-2H3. The largest absolute Gasteiger partial charge is 0.388 e. The molecule has 7 heteroatoms. The highest BCUT2D eigenvalue weighted by molar-refractivity contribution is 6.33. The van der Waals surface area contributed by atoms with Gasteiger partial charge in [-0.25, -0.2) is 9.97 Å². The normalized spacial score (nSPS) is 14.0. The van der Waals surface area contributed by atoms with Gasteiger partial charge < -0.3 is 10.1 Å². The second kappa shape index (κ2) is 13.5. The number of nitrogens with one attached hydrogen (secondary N) is 1. The number of carbonyl (C=O) groups is 1. The Kier molecular flexibility index (Phi) is 13.0. The minimum absolute atomic E-state index is 0.0353. The van der Waals surface area contributed by atoms with Crippen LogP contribution in [0, 0.1) is 0 Å². The summed E-state index contributed by atoms with van der Waals surface area (Å²) in [4.78, 5) is 19.6.